The normalized spacial score (nSPS) is 16.7. The van der Waals surface area contributed by atoms with E-state index in [9.17, 15) is 4.39 Å². The van der Waals surface area contributed by atoms with E-state index in [0.29, 0.717) is 24.9 Å². The second kappa shape index (κ2) is 5.67. The number of halogens is 1. The lowest BCUT2D eigenvalue weighted by atomic mass is 10.1. The number of nitrogens with two attached hydrogens (primary N) is 1. The van der Waals surface area contributed by atoms with E-state index in [2.05, 4.69) is 4.90 Å². The van der Waals surface area contributed by atoms with Crippen molar-refractivity contribution >= 4 is 5.69 Å². The van der Waals surface area contributed by atoms with Gasteiger partial charge in [0.1, 0.15) is 5.82 Å². The molecular weight excluding hydrogens is 231 g/mol. The Labute approximate surface area is 108 Å². The highest BCUT2D eigenvalue weighted by atomic mass is 19.1. The monoisotopic (exact) mass is 252 g/mol. The fourth-order valence-corrected chi connectivity index (χ4v) is 2.26. The molecule has 100 valence electrons. The molecule has 0 radical (unpaired) electrons. The van der Waals surface area contributed by atoms with Crippen LogP contribution in [0.15, 0.2) is 18.2 Å². The maximum Gasteiger partial charge on any atom is 0.146 e. The number of para-hydroxylation sites is 1. The van der Waals surface area contributed by atoms with Gasteiger partial charge < -0.3 is 15.4 Å². The molecule has 4 heteroatoms. The highest BCUT2D eigenvalue weighted by molar-refractivity contribution is 5.57. The van der Waals surface area contributed by atoms with Gasteiger partial charge in [-0.1, -0.05) is 12.1 Å². The van der Waals surface area contributed by atoms with Crippen LogP contribution >= 0.6 is 0 Å². The molecule has 1 aromatic carbocycles. The van der Waals surface area contributed by atoms with Gasteiger partial charge in [0.15, 0.2) is 0 Å². The molecule has 0 aliphatic heterocycles. The SMILES string of the molecule is COCCN(c1c(F)cccc1[C@H](C)N)C1CC1. The van der Waals surface area contributed by atoms with Crippen molar-refractivity contribution in [2.75, 3.05) is 25.2 Å². The molecular formula is C14H21FN2O. The van der Waals surface area contributed by atoms with Crippen LogP contribution in [0.3, 0.4) is 0 Å². The smallest absolute Gasteiger partial charge is 0.146 e. The molecule has 18 heavy (non-hydrogen) atoms. The summed E-state index contributed by atoms with van der Waals surface area (Å²) in [5.74, 6) is -0.187. The number of nitrogens with zero attached hydrogens (tertiary/aromatic N) is 1. The lowest BCUT2D eigenvalue weighted by molar-refractivity contribution is 0.204. The largest absolute Gasteiger partial charge is 0.383 e. The Kier molecular flexibility index (Phi) is 4.19. The highest BCUT2D eigenvalue weighted by Crippen LogP contribution is 2.36. The minimum Gasteiger partial charge on any atom is -0.383 e. The fourth-order valence-electron chi connectivity index (χ4n) is 2.26. The molecule has 1 aliphatic carbocycles. The van der Waals surface area contributed by atoms with Crippen LogP contribution in [0.1, 0.15) is 31.4 Å². The molecule has 1 aromatic rings. The number of hydrogen-bond acceptors (Lipinski definition) is 3. The highest BCUT2D eigenvalue weighted by Gasteiger charge is 2.32. The van der Waals surface area contributed by atoms with Gasteiger partial charge >= 0.3 is 0 Å². The third-order valence-electron chi connectivity index (χ3n) is 3.32. The maximum absolute atomic E-state index is 14.1. The Balaban J connectivity index is 2.33. The maximum atomic E-state index is 14.1. The van der Waals surface area contributed by atoms with Crippen LogP contribution < -0.4 is 10.6 Å². The average molecular weight is 252 g/mol. The van der Waals surface area contributed by atoms with Crippen molar-refractivity contribution in [1.82, 2.24) is 0 Å². The first-order chi connectivity index (χ1) is 8.65. The molecule has 2 N–H and O–H groups in total. The lowest BCUT2D eigenvalue weighted by Gasteiger charge is -2.28. The molecule has 3 nitrogen and oxygen atoms in total. The van der Waals surface area contributed by atoms with E-state index in [0.717, 1.165) is 18.4 Å². The van der Waals surface area contributed by atoms with Gasteiger partial charge in [0.05, 0.1) is 12.3 Å². The molecule has 0 aromatic heterocycles. The van der Waals surface area contributed by atoms with Crippen LogP contribution in [-0.4, -0.2) is 26.3 Å². The first-order valence-corrected chi connectivity index (χ1v) is 6.44. The van der Waals surface area contributed by atoms with Crippen LogP contribution in [0.2, 0.25) is 0 Å². The molecule has 1 atom stereocenters. The Hall–Kier alpha value is -1.13. The summed E-state index contributed by atoms with van der Waals surface area (Å²) < 4.78 is 19.3. The van der Waals surface area contributed by atoms with Gasteiger partial charge in [-0.3, -0.25) is 0 Å². The third-order valence-corrected chi connectivity index (χ3v) is 3.32. The predicted molar refractivity (Wildman–Crippen MR) is 71.2 cm³/mol. The molecule has 0 heterocycles. The van der Waals surface area contributed by atoms with Crippen molar-refractivity contribution in [3.63, 3.8) is 0 Å². The lowest BCUT2D eigenvalue weighted by Crippen LogP contribution is -2.32. The van der Waals surface area contributed by atoms with Crippen molar-refractivity contribution in [3.8, 4) is 0 Å². The van der Waals surface area contributed by atoms with Crippen molar-refractivity contribution in [3.05, 3.63) is 29.6 Å². The zero-order valence-electron chi connectivity index (χ0n) is 11.0. The zero-order chi connectivity index (χ0) is 13.1. The van der Waals surface area contributed by atoms with Gasteiger partial charge in [-0.15, -0.1) is 0 Å². The molecule has 2 rings (SSSR count). The molecule has 0 spiro atoms. The zero-order valence-corrected chi connectivity index (χ0v) is 11.0. The van der Waals surface area contributed by atoms with E-state index < -0.39 is 0 Å². The number of rotatable bonds is 6. The van der Waals surface area contributed by atoms with E-state index in [1.165, 1.54) is 6.07 Å². The van der Waals surface area contributed by atoms with Crippen LogP contribution in [0.5, 0.6) is 0 Å². The summed E-state index contributed by atoms with van der Waals surface area (Å²) in [5.41, 5.74) is 7.48. The van der Waals surface area contributed by atoms with E-state index in [4.69, 9.17) is 10.5 Å². The molecule has 0 saturated heterocycles. The van der Waals surface area contributed by atoms with Crippen LogP contribution in [0.4, 0.5) is 10.1 Å². The fraction of sp³-hybridized carbons (Fsp3) is 0.571. The molecule has 1 aliphatic rings. The Morgan fingerprint density at radius 1 is 1.50 bits per heavy atom. The van der Waals surface area contributed by atoms with E-state index >= 15 is 0 Å². The quantitative estimate of drug-likeness (QED) is 0.845. The molecule has 1 fully saturated rings. The van der Waals surface area contributed by atoms with Crippen LogP contribution in [-0.2, 0) is 4.74 Å². The molecule has 1 saturated carbocycles. The Morgan fingerprint density at radius 2 is 2.22 bits per heavy atom. The number of methoxy groups -OCH3 is 1. The van der Waals surface area contributed by atoms with E-state index in [1.807, 2.05) is 13.0 Å². The topological polar surface area (TPSA) is 38.5 Å². The number of anilines is 1. The summed E-state index contributed by atoms with van der Waals surface area (Å²) in [5, 5.41) is 0. The van der Waals surface area contributed by atoms with Crippen molar-refractivity contribution in [2.45, 2.75) is 31.8 Å². The van der Waals surface area contributed by atoms with E-state index in [-0.39, 0.29) is 11.9 Å². The van der Waals surface area contributed by atoms with Gasteiger partial charge in [0.2, 0.25) is 0 Å². The van der Waals surface area contributed by atoms with E-state index in [1.54, 1.807) is 13.2 Å². The van der Waals surface area contributed by atoms with Crippen LogP contribution in [0.25, 0.3) is 0 Å². The van der Waals surface area contributed by atoms with Crippen molar-refractivity contribution in [1.29, 1.82) is 0 Å². The van der Waals surface area contributed by atoms with Crippen molar-refractivity contribution < 1.29 is 9.13 Å². The third kappa shape index (κ3) is 2.82. The number of ether oxygens (including phenoxy) is 1. The minimum atomic E-state index is -0.187. The van der Waals surface area contributed by atoms with Gasteiger partial charge in [0, 0.05) is 25.7 Å². The summed E-state index contributed by atoms with van der Waals surface area (Å²) in [6.07, 6.45) is 2.24. The second-order valence-corrected chi connectivity index (χ2v) is 4.88. The standard InChI is InChI=1S/C14H21FN2O/c1-10(16)12-4-3-5-13(15)14(12)17(8-9-18-2)11-6-7-11/h3-5,10-11H,6-9,16H2,1-2H3/t10-/m0/s1. The summed E-state index contributed by atoms with van der Waals surface area (Å²) in [4.78, 5) is 2.11. The van der Waals surface area contributed by atoms with Gasteiger partial charge in [-0.2, -0.15) is 0 Å². The Morgan fingerprint density at radius 3 is 2.78 bits per heavy atom. The first-order valence-electron chi connectivity index (χ1n) is 6.44. The van der Waals surface area contributed by atoms with Gasteiger partial charge in [-0.05, 0) is 31.4 Å². The van der Waals surface area contributed by atoms with Crippen LogP contribution in [0, 0.1) is 5.82 Å². The second-order valence-electron chi connectivity index (χ2n) is 4.88. The predicted octanol–water partition coefficient (Wildman–Crippen LogP) is 2.46. The van der Waals surface area contributed by atoms with Crippen molar-refractivity contribution in [2.24, 2.45) is 5.73 Å². The Bertz CT molecular complexity index is 405. The summed E-state index contributed by atoms with van der Waals surface area (Å²) >= 11 is 0. The first kappa shape index (κ1) is 13.3. The molecule has 0 amide bonds. The number of hydrogen-bond donors (Lipinski definition) is 1. The molecule has 0 bridgehead atoms. The van der Waals surface area contributed by atoms with Gasteiger partial charge in [-0.25, -0.2) is 4.39 Å². The summed E-state index contributed by atoms with van der Waals surface area (Å²) in [6, 6.07) is 5.40. The number of benzene rings is 1. The minimum absolute atomic E-state index is 0.167. The van der Waals surface area contributed by atoms with Gasteiger partial charge in [0.25, 0.3) is 0 Å². The summed E-state index contributed by atoms with van der Waals surface area (Å²) in [7, 11) is 1.67. The summed E-state index contributed by atoms with van der Waals surface area (Å²) in [6.45, 7) is 3.20. The average Bonchev–Trinajstić information content (AvgIpc) is 3.15. The molecule has 0 unspecified atom stereocenters.